The third-order valence-corrected chi connectivity index (χ3v) is 2.63. The highest BCUT2D eigenvalue weighted by molar-refractivity contribution is 7.07. The average Bonchev–Trinajstić information content (AvgIpc) is 2.68. The van der Waals surface area contributed by atoms with Crippen molar-refractivity contribution < 1.29 is 9.53 Å². The lowest BCUT2D eigenvalue weighted by Crippen LogP contribution is -2.37. The maximum atomic E-state index is 11.7. The summed E-state index contributed by atoms with van der Waals surface area (Å²) in [6, 6.07) is 0.0641. The first-order valence-corrected chi connectivity index (χ1v) is 5.25. The van der Waals surface area contributed by atoms with Crippen molar-refractivity contribution in [1.29, 1.82) is 0 Å². The van der Waals surface area contributed by atoms with Crippen molar-refractivity contribution in [2.45, 2.75) is 13.0 Å². The van der Waals surface area contributed by atoms with Crippen molar-refractivity contribution in [3.63, 3.8) is 0 Å². The number of likely N-dealkylation sites (N-methyl/N-ethyl adjacent to an activating group) is 1. The molecular weight excluding hydrogens is 200 g/mol. The van der Waals surface area contributed by atoms with Gasteiger partial charge in [-0.3, -0.25) is 4.79 Å². The highest BCUT2D eigenvalue weighted by Crippen LogP contribution is 2.07. The number of thiazole rings is 1. The van der Waals surface area contributed by atoms with Gasteiger partial charge in [0.1, 0.15) is 5.69 Å². The van der Waals surface area contributed by atoms with Gasteiger partial charge in [-0.1, -0.05) is 0 Å². The van der Waals surface area contributed by atoms with E-state index in [1.807, 2.05) is 6.92 Å². The van der Waals surface area contributed by atoms with Gasteiger partial charge in [-0.15, -0.1) is 11.3 Å². The first-order chi connectivity index (χ1) is 6.66. The van der Waals surface area contributed by atoms with E-state index in [4.69, 9.17) is 4.74 Å². The average molecular weight is 214 g/mol. The molecule has 0 aliphatic carbocycles. The molecule has 1 heterocycles. The first kappa shape index (κ1) is 11.1. The molecule has 0 fully saturated rings. The molecule has 0 spiro atoms. The molecule has 0 aliphatic rings. The summed E-state index contributed by atoms with van der Waals surface area (Å²) in [5.41, 5.74) is 2.16. The molecule has 78 valence electrons. The molecule has 0 N–H and O–H groups in total. The van der Waals surface area contributed by atoms with Gasteiger partial charge in [0.2, 0.25) is 0 Å². The normalized spacial score (nSPS) is 12.5. The Bertz CT molecular complexity index is 287. The second-order valence-corrected chi connectivity index (χ2v) is 3.81. The van der Waals surface area contributed by atoms with Crippen molar-refractivity contribution >= 4 is 17.2 Å². The molecule has 5 heteroatoms. The number of carbonyl (C=O) groups is 1. The molecule has 0 aromatic carbocycles. The van der Waals surface area contributed by atoms with Crippen LogP contribution in [0.3, 0.4) is 0 Å². The van der Waals surface area contributed by atoms with Crippen LogP contribution in [0.2, 0.25) is 0 Å². The lowest BCUT2D eigenvalue weighted by molar-refractivity contribution is 0.0629. The predicted molar refractivity (Wildman–Crippen MR) is 55.5 cm³/mol. The molecule has 0 radical (unpaired) electrons. The van der Waals surface area contributed by atoms with Gasteiger partial charge in [0.05, 0.1) is 18.2 Å². The van der Waals surface area contributed by atoms with Crippen LogP contribution in [-0.4, -0.2) is 42.6 Å². The Morgan fingerprint density at radius 2 is 2.50 bits per heavy atom. The second-order valence-electron chi connectivity index (χ2n) is 3.09. The number of methoxy groups -OCH3 is 1. The number of ether oxygens (including phenoxy) is 1. The van der Waals surface area contributed by atoms with Gasteiger partial charge >= 0.3 is 0 Å². The number of hydrogen-bond acceptors (Lipinski definition) is 4. The molecule has 0 saturated heterocycles. The van der Waals surface area contributed by atoms with E-state index in [1.54, 1.807) is 29.9 Å². The highest BCUT2D eigenvalue weighted by atomic mass is 32.1. The SMILES string of the molecule is COCC(C)N(C)C(=O)c1cscn1. The Morgan fingerprint density at radius 3 is 3.00 bits per heavy atom. The highest BCUT2D eigenvalue weighted by Gasteiger charge is 2.18. The van der Waals surface area contributed by atoms with E-state index in [0.717, 1.165) is 0 Å². The largest absolute Gasteiger partial charge is 0.383 e. The van der Waals surface area contributed by atoms with Crippen LogP contribution >= 0.6 is 11.3 Å². The molecule has 0 saturated carbocycles. The Labute approximate surface area is 87.5 Å². The monoisotopic (exact) mass is 214 g/mol. The summed E-state index contributed by atoms with van der Waals surface area (Å²) in [5, 5.41) is 1.75. The van der Waals surface area contributed by atoms with E-state index in [-0.39, 0.29) is 11.9 Å². The third kappa shape index (κ3) is 2.52. The summed E-state index contributed by atoms with van der Waals surface area (Å²) in [6.07, 6.45) is 0. The van der Waals surface area contributed by atoms with E-state index in [0.29, 0.717) is 12.3 Å². The second kappa shape index (κ2) is 5.07. The number of rotatable bonds is 4. The zero-order valence-electron chi connectivity index (χ0n) is 8.56. The van der Waals surface area contributed by atoms with Gasteiger partial charge < -0.3 is 9.64 Å². The fraction of sp³-hybridized carbons (Fsp3) is 0.556. The van der Waals surface area contributed by atoms with E-state index < -0.39 is 0 Å². The fourth-order valence-corrected chi connectivity index (χ4v) is 1.58. The number of carbonyl (C=O) groups excluding carboxylic acids is 1. The van der Waals surface area contributed by atoms with E-state index >= 15 is 0 Å². The number of amides is 1. The van der Waals surface area contributed by atoms with Crippen molar-refractivity contribution in [1.82, 2.24) is 9.88 Å². The molecule has 14 heavy (non-hydrogen) atoms. The number of aromatic nitrogens is 1. The Kier molecular flexibility index (Phi) is 4.03. The number of nitrogens with zero attached hydrogens (tertiary/aromatic N) is 2. The summed E-state index contributed by atoms with van der Waals surface area (Å²) in [4.78, 5) is 17.3. The van der Waals surface area contributed by atoms with Gasteiger partial charge in [0.15, 0.2) is 0 Å². The molecule has 1 rings (SSSR count). The van der Waals surface area contributed by atoms with Crippen LogP contribution < -0.4 is 0 Å². The van der Waals surface area contributed by atoms with Crippen molar-refractivity contribution in [2.24, 2.45) is 0 Å². The number of hydrogen-bond donors (Lipinski definition) is 0. The summed E-state index contributed by atoms with van der Waals surface area (Å²) in [7, 11) is 3.38. The predicted octanol–water partition coefficient (Wildman–Crippen LogP) is 1.25. The molecule has 1 atom stereocenters. The molecular formula is C9H14N2O2S. The maximum Gasteiger partial charge on any atom is 0.273 e. The first-order valence-electron chi connectivity index (χ1n) is 4.31. The molecule has 4 nitrogen and oxygen atoms in total. The minimum absolute atomic E-state index is 0.0594. The molecule has 0 aliphatic heterocycles. The lowest BCUT2D eigenvalue weighted by Gasteiger charge is -2.23. The van der Waals surface area contributed by atoms with Gasteiger partial charge in [-0.05, 0) is 6.92 Å². The van der Waals surface area contributed by atoms with Crippen LogP contribution in [0.25, 0.3) is 0 Å². The molecule has 1 aromatic rings. The van der Waals surface area contributed by atoms with Crippen LogP contribution in [0, 0.1) is 0 Å². The van der Waals surface area contributed by atoms with Crippen molar-refractivity contribution in [2.75, 3.05) is 20.8 Å². The van der Waals surface area contributed by atoms with Crippen LogP contribution in [-0.2, 0) is 4.74 Å². The van der Waals surface area contributed by atoms with Crippen LogP contribution in [0.5, 0.6) is 0 Å². The zero-order valence-corrected chi connectivity index (χ0v) is 9.37. The van der Waals surface area contributed by atoms with Crippen molar-refractivity contribution in [3.05, 3.63) is 16.6 Å². The van der Waals surface area contributed by atoms with Gasteiger partial charge in [0.25, 0.3) is 5.91 Å². The summed E-state index contributed by atoms with van der Waals surface area (Å²) < 4.78 is 4.98. The zero-order chi connectivity index (χ0) is 10.6. The Balaban J connectivity index is 2.61. The summed E-state index contributed by atoms with van der Waals surface area (Å²) in [6.45, 7) is 2.47. The Hall–Kier alpha value is -0.940. The minimum Gasteiger partial charge on any atom is -0.383 e. The van der Waals surface area contributed by atoms with Gasteiger partial charge in [-0.2, -0.15) is 0 Å². The molecule has 1 aromatic heterocycles. The fourth-order valence-electron chi connectivity index (χ4n) is 1.05. The van der Waals surface area contributed by atoms with Crippen LogP contribution in [0.1, 0.15) is 17.4 Å². The topological polar surface area (TPSA) is 42.4 Å². The third-order valence-electron chi connectivity index (χ3n) is 2.04. The van der Waals surface area contributed by atoms with Crippen molar-refractivity contribution in [3.8, 4) is 0 Å². The lowest BCUT2D eigenvalue weighted by atomic mass is 10.3. The standard InChI is InChI=1S/C9H14N2O2S/c1-7(4-13-3)11(2)9(12)8-5-14-6-10-8/h5-7H,4H2,1-3H3. The van der Waals surface area contributed by atoms with E-state index in [9.17, 15) is 4.79 Å². The smallest absolute Gasteiger partial charge is 0.273 e. The van der Waals surface area contributed by atoms with Gasteiger partial charge in [-0.25, -0.2) is 4.98 Å². The van der Waals surface area contributed by atoms with E-state index in [2.05, 4.69) is 4.98 Å². The van der Waals surface area contributed by atoms with E-state index in [1.165, 1.54) is 11.3 Å². The maximum absolute atomic E-state index is 11.7. The van der Waals surface area contributed by atoms with Gasteiger partial charge in [0, 0.05) is 19.5 Å². The molecule has 1 unspecified atom stereocenters. The van der Waals surface area contributed by atoms with Crippen LogP contribution in [0.4, 0.5) is 0 Å². The molecule has 1 amide bonds. The minimum atomic E-state index is -0.0594. The summed E-state index contributed by atoms with van der Waals surface area (Å²) >= 11 is 1.42. The Morgan fingerprint density at radius 1 is 1.79 bits per heavy atom. The summed E-state index contributed by atoms with van der Waals surface area (Å²) in [5.74, 6) is -0.0594. The molecule has 0 bridgehead atoms. The quantitative estimate of drug-likeness (QED) is 0.757. The van der Waals surface area contributed by atoms with Crippen LogP contribution in [0.15, 0.2) is 10.9 Å².